The van der Waals surface area contributed by atoms with Crippen LogP contribution in [0, 0.1) is 0 Å². The third-order valence-electron chi connectivity index (χ3n) is 3.22. The Kier molecular flexibility index (Phi) is 3.27. The fourth-order valence-corrected chi connectivity index (χ4v) is 2.16. The number of rotatable bonds is 3. The highest BCUT2D eigenvalue weighted by molar-refractivity contribution is 5.95. The van der Waals surface area contributed by atoms with Gasteiger partial charge >= 0.3 is 0 Å². The van der Waals surface area contributed by atoms with E-state index in [1.807, 2.05) is 24.3 Å². The van der Waals surface area contributed by atoms with Gasteiger partial charge in [0.1, 0.15) is 0 Å². The summed E-state index contributed by atoms with van der Waals surface area (Å²) in [7, 11) is 0. The van der Waals surface area contributed by atoms with Crippen molar-refractivity contribution in [2.24, 2.45) is 0 Å². The van der Waals surface area contributed by atoms with Crippen molar-refractivity contribution in [1.29, 1.82) is 0 Å². The number of nitrogens with one attached hydrogen (secondary N) is 2. The molecular weight excluding hydrogens is 244 g/mol. The zero-order valence-corrected chi connectivity index (χ0v) is 10.6. The highest BCUT2D eigenvalue weighted by Gasteiger charge is 2.14. The summed E-state index contributed by atoms with van der Waals surface area (Å²) in [5.41, 5.74) is 7.50. The first-order valence-electron chi connectivity index (χ1n) is 6.48. The molecule has 0 fully saturated rings. The molecule has 0 spiro atoms. The van der Waals surface area contributed by atoms with Crippen LogP contribution in [0.25, 0.3) is 0 Å². The molecule has 0 saturated heterocycles. The number of anilines is 1. The van der Waals surface area contributed by atoms with Crippen molar-refractivity contribution in [2.45, 2.75) is 25.7 Å². The van der Waals surface area contributed by atoms with E-state index < -0.39 is 0 Å². The molecule has 0 bridgehead atoms. The topological polar surface area (TPSA) is 59.6 Å². The van der Waals surface area contributed by atoms with Gasteiger partial charge in [-0.05, 0) is 31.4 Å². The average Bonchev–Trinajstić information content (AvgIpc) is 2.79. The normalized spacial score (nSPS) is 17.7. The summed E-state index contributed by atoms with van der Waals surface area (Å²) < 4.78 is 10.5. The Hall–Kier alpha value is -2.17. The van der Waals surface area contributed by atoms with Gasteiger partial charge in [-0.3, -0.25) is 10.2 Å². The van der Waals surface area contributed by atoms with E-state index in [1.54, 1.807) is 0 Å². The summed E-state index contributed by atoms with van der Waals surface area (Å²) in [6.45, 7) is 0.260. The molecule has 1 aliphatic heterocycles. The third kappa shape index (κ3) is 2.65. The maximum Gasteiger partial charge on any atom is 0.231 e. The maximum atomic E-state index is 11.8. The fourth-order valence-electron chi connectivity index (χ4n) is 2.16. The Morgan fingerprint density at radius 1 is 1.05 bits per heavy atom. The van der Waals surface area contributed by atoms with Crippen LogP contribution in [0.4, 0.5) is 5.69 Å². The molecule has 1 heterocycles. The van der Waals surface area contributed by atoms with Gasteiger partial charge in [0.15, 0.2) is 17.3 Å². The SMILES string of the molecule is O=C1CCCCC=C1NNc1ccc2c(c1)OCO2. The van der Waals surface area contributed by atoms with Crippen LogP contribution in [0.1, 0.15) is 25.7 Å². The van der Waals surface area contributed by atoms with Gasteiger partial charge in [-0.25, -0.2) is 0 Å². The number of fused-ring (bicyclic) bond motifs is 1. The standard InChI is InChI=1S/C14H16N2O3/c17-12-5-3-1-2-4-11(12)16-15-10-6-7-13-14(8-10)19-9-18-13/h4,6-8,15-16H,1-3,5,9H2. The van der Waals surface area contributed by atoms with Gasteiger partial charge in [0, 0.05) is 12.5 Å². The molecule has 2 aliphatic rings. The Morgan fingerprint density at radius 3 is 2.89 bits per heavy atom. The predicted molar refractivity (Wildman–Crippen MR) is 70.9 cm³/mol. The van der Waals surface area contributed by atoms with E-state index in [2.05, 4.69) is 10.9 Å². The van der Waals surface area contributed by atoms with Crippen molar-refractivity contribution < 1.29 is 14.3 Å². The minimum absolute atomic E-state index is 0.158. The molecule has 3 rings (SSSR count). The van der Waals surface area contributed by atoms with E-state index in [4.69, 9.17) is 9.47 Å². The molecule has 0 aromatic heterocycles. The quantitative estimate of drug-likeness (QED) is 0.817. The lowest BCUT2D eigenvalue weighted by Gasteiger charge is -2.11. The van der Waals surface area contributed by atoms with Crippen molar-refractivity contribution in [2.75, 3.05) is 12.2 Å². The highest BCUT2D eigenvalue weighted by atomic mass is 16.7. The molecule has 100 valence electrons. The lowest BCUT2D eigenvalue weighted by Crippen LogP contribution is -2.25. The van der Waals surface area contributed by atoms with Crippen LogP contribution < -0.4 is 20.3 Å². The molecular formula is C14H16N2O3. The zero-order chi connectivity index (χ0) is 13.1. The molecule has 0 saturated carbocycles. The number of benzene rings is 1. The van der Waals surface area contributed by atoms with Crippen LogP contribution >= 0.6 is 0 Å². The molecule has 0 radical (unpaired) electrons. The molecule has 1 aromatic rings. The smallest absolute Gasteiger partial charge is 0.231 e. The predicted octanol–water partition coefficient (Wildman–Crippen LogP) is 2.36. The molecule has 5 nitrogen and oxygen atoms in total. The summed E-state index contributed by atoms with van der Waals surface area (Å²) >= 11 is 0. The summed E-state index contributed by atoms with van der Waals surface area (Å²) in [6.07, 6.45) is 5.54. The van der Waals surface area contributed by atoms with Gasteiger partial charge in [-0.1, -0.05) is 6.08 Å². The lowest BCUT2D eigenvalue weighted by molar-refractivity contribution is -0.115. The van der Waals surface area contributed by atoms with E-state index in [9.17, 15) is 4.79 Å². The van der Waals surface area contributed by atoms with Gasteiger partial charge in [-0.15, -0.1) is 0 Å². The molecule has 1 aromatic carbocycles. The average molecular weight is 260 g/mol. The largest absolute Gasteiger partial charge is 0.454 e. The number of allylic oxidation sites excluding steroid dienone is 2. The van der Waals surface area contributed by atoms with Crippen LogP contribution in [0.5, 0.6) is 11.5 Å². The van der Waals surface area contributed by atoms with Crippen molar-refractivity contribution in [3.63, 3.8) is 0 Å². The number of ketones is 1. The summed E-state index contributed by atoms with van der Waals surface area (Å²) in [4.78, 5) is 11.8. The van der Waals surface area contributed by atoms with E-state index >= 15 is 0 Å². The Bertz CT molecular complexity index is 525. The second-order valence-corrected chi connectivity index (χ2v) is 4.60. The van der Waals surface area contributed by atoms with Crippen LogP contribution in [-0.4, -0.2) is 12.6 Å². The Labute approximate surface area is 111 Å². The zero-order valence-electron chi connectivity index (χ0n) is 10.6. The van der Waals surface area contributed by atoms with Gasteiger partial charge in [-0.2, -0.15) is 0 Å². The van der Waals surface area contributed by atoms with Crippen molar-refractivity contribution in [3.8, 4) is 11.5 Å². The minimum Gasteiger partial charge on any atom is -0.454 e. The van der Waals surface area contributed by atoms with E-state index in [0.717, 1.165) is 30.7 Å². The summed E-state index contributed by atoms with van der Waals surface area (Å²) in [6, 6.07) is 5.56. The van der Waals surface area contributed by atoms with E-state index in [-0.39, 0.29) is 12.6 Å². The molecule has 2 N–H and O–H groups in total. The van der Waals surface area contributed by atoms with Crippen molar-refractivity contribution >= 4 is 11.5 Å². The molecule has 0 unspecified atom stereocenters. The number of ether oxygens (including phenoxy) is 2. The number of hydrogen-bond acceptors (Lipinski definition) is 5. The lowest BCUT2D eigenvalue weighted by atomic mass is 10.2. The molecule has 5 heteroatoms. The Balaban J connectivity index is 1.65. The fraction of sp³-hybridized carbons (Fsp3) is 0.357. The third-order valence-corrected chi connectivity index (χ3v) is 3.22. The minimum atomic E-state index is 0.158. The molecule has 19 heavy (non-hydrogen) atoms. The van der Waals surface area contributed by atoms with Crippen LogP contribution in [0.3, 0.4) is 0 Å². The highest BCUT2D eigenvalue weighted by Crippen LogP contribution is 2.34. The number of hydrogen-bond donors (Lipinski definition) is 2. The van der Waals surface area contributed by atoms with Gasteiger partial charge in [0.05, 0.1) is 11.4 Å². The van der Waals surface area contributed by atoms with Gasteiger partial charge in [0.25, 0.3) is 0 Å². The van der Waals surface area contributed by atoms with Crippen LogP contribution in [0.2, 0.25) is 0 Å². The maximum absolute atomic E-state index is 11.8. The van der Waals surface area contributed by atoms with E-state index in [0.29, 0.717) is 17.9 Å². The molecule has 1 aliphatic carbocycles. The molecule has 0 amide bonds. The number of Topliss-reactive ketones (excluding diaryl/α,β-unsaturated/α-hetero) is 1. The first-order chi connectivity index (χ1) is 9.33. The second-order valence-electron chi connectivity index (χ2n) is 4.60. The number of hydrazine groups is 1. The number of carbonyl (C=O) groups excluding carboxylic acids is 1. The first-order valence-corrected chi connectivity index (χ1v) is 6.48. The van der Waals surface area contributed by atoms with Gasteiger partial charge < -0.3 is 14.9 Å². The van der Waals surface area contributed by atoms with Gasteiger partial charge in [0.2, 0.25) is 6.79 Å². The number of carbonyl (C=O) groups is 1. The Morgan fingerprint density at radius 2 is 1.95 bits per heavy atom. The summed E-state index contributed by atoms with van der Waals surface area (Å²) in [5, 5.41) is 0. The first kappa shape index (κ1) is 11.9. The van der Waals surface area contributed by atoms with Crippen LogP contribution in [0.15, 0.2) is 30.0 Å². The second kappa shape index (κ2) is 5.22. The summed E-state index contributed by atoms with van der Waals surface area (Å²) in [5.74, 6) is 1.62. The van der Waals surface area contributed by atoms with E-state index in [1.165, 1.54) is 0 Å². The monoisotopic (exact) mass is 260 g/mol. The molecule has 0 atom stereocenters. The van der Waals surface area contributed by atoms with Crippen LogP contribution in [-0.2, 0) is 4.79 Å². The van der Waals surface area contributed by atoms with Crippen molar-refractivity contribution in [1.82, 2.24) is 5.43 Å². The van der Waals surface area contributed by atoms with Crippen molar-refractivity contribution in [3.05, 3.63) is 30.0 Å².